The Morgan fingerprint density at radius 1 is 1.27 bits per heavy atom. The third kappa shape index (κ3) is 3.02. The molecule has 3 saturated heterocycles. The molecule has 0 spiro atoms. The minimum atomic E-state index is -4.77. The van der Waals surface area contributed by atoms with Crippen LogP contribution in [-0.2, 0) is 19.5 Å². The van der Waals surface area contributed by atoms with E-state index in [1.165, 1.54) is 4.90 Å². The van der Waals surface area contributed by atoms with Crippen LogP contribution in [0.1, 0.15) is 25.7 Å². The number of hydrogen-bond acceptors (Lipinski definition) is 6. The summed E-state index contributed by atoms with van der Waals surface area (Å²) in [6.07, 6.45) is 2.88. The maximum absolute atomic E-state index is 12.3. The number of amides is 3. The summed E-state index contributed by atoms with van der Waals surface area (Å²) in [5, 5.41) is 2.46. The van der Waals surface area contributed by atoms with Gasteiger partial charge in [0.15, 0.2) is 0 Å². The van der Waals surface area contributed by atoms with Gasteiger partial charge in [-0.1, -0.05) is 0 Å². The molecule has 3 aliphatic rings. The van der Waals surface area contributed by atoms with Crippen molar-refractivity contribution in [2.75, 3.05) is 19.6 Å². The van der Waals surface area contributed by atoms with E-state index in [9.17, 15) is 18.0 Å². The Hall–Kier alpha value is -1.43. The van der Waals surface area contributed by atoms with E-state index in [1.54, 1.807) is 0 Å². The van der Waals surface area contributed by atoms with Crippen molar-refractivity contribution in [1.82, 2.24) is 20.4 Å². The van der Waals surface area contributed by atoms with Gasteiger partial charge in [-0.2, -0.15) is 13.5 Å². The second-order valence-electron chi connectivity index (χ2n) is 5.68. The van der Waals surface area contributed by atoms with Crippen molar-refractivity contribution < 1.29 is 26.8 Å². The molecule has 0 aromatic carbocycles. The van der Waals surface area contributed by atoms with Gasteiger partial charge in [0.2, 0.25) is 0 Å². The zero-order valence-electron chi connectivity index (χ0n) is 11.8. The van der Waals surface area contributed by atoms with E-state index in [-0.39, 0.29) is 12.5 Å². The Morgan fingerprint density at radius 2 is 1.95 bits per heavy atom. The highest BCUT2D eigenvalue weighted by Crippen LogP contribution is 2.30. The van der Waals surface area contributed by atoms with Gasteiger partial charge in [-0.15, -0.1) is 4.28 Å². The fourth-order valence-electron chi connectivity index (χ4n) is 3.16. The minimum Gasteiger partial charge on any atom is -0.309 e. The molecule has 3 heterocycles. The number of nitrogens with one attached hydrogen (secondary N) is 1. The van der Waals surface area contributed by atoms with Gasteiger partial charge in [0.25, 0.3) is 5.91 Å². The lowest BCUT2D eigenvalue weighted by Gasteiger charge is -2.30. The number of rotatable bonds is 4. The molecular formula is C11H18N4O6S. The second kappa shape index (κ2) is 5.65. The van der Waals surface area contributed by atoms with Crippen LogP contribution in [0, 0.1) is 0 Å². The standard InChI is InChI=1S/C11H18N4O6S/c16-10(12-13-5-1-2-6-13)9-4-3-8-7-14(9)11(17)15(8)21-22(18,19)20/h8-9H,1-7H2,(H,12,16)(H,18,19,20)/t8-,9+/m1/s1. The van der Waals surface area contributed by atoms with Crippen LogP contribution in [0.15, 0.2) is 0 Å². The van der Waals surface area contributed by atoms with Gasteiger partial charge in [0, 0.05) is 19.6 Å². The van der Waals surface area contributed by atoms with Crippen molar-refractivity contribution in [3.8, 4) is 0 Å². The summed E-state index contributed by atoms with van der Waals surface area (Å²) in [7, 11) is -4.77. The average molecular weight is 334 g/mol. The summed E-state index contributed by atoms with van der Waals surface area (Å²) in [5.41, 5.74) is 2.79. The van der Waals surface area contributed by atoms with Crippen molar-refractivity contribution in [2.24, 2.45) is 0 Å². The number of fused-ring (bicyclic) bond motifs is 2. The number of urea groups is 1. The third-order valence-electron chi connectivity index (χ3n) is 4.17. The van der Waals surface area contributed by atoms with Gasteiger partial charge in [-0.05, 0) is 25.7 Å². The number of hydrazine groups is 1. The number of piperidine rings is 1. The maximum Gasteiger partial charge on any atom is 0.418 e. The van der Waals surface area contributed by atoms with Crippen molar-refractivity contribution in [3.05, 3.63) is 0 Å². The minimum absolute atomic E-state index is 0.201. The first-order valence-corrected chi connectivity index (χ1v) is 8.54. The van der Waals surface area contributed by atoms with Gasteiger partial charge in [0.1, 0.15) is 6.04 Å². The summed E-state index contributed by atoms with van der Waals surface area (Å²) in [4.78, 5) is 25.8. The molecule has 2 bridgehead atoms. The number of hydroxylamine groups is 2. The Bertz CT molecular complexity index is 575. The predicted octanol–water partition coefficient (Wildman–Crippen LogP) is -0.884. The van der Waals surface area contributed by atoms with Crippen molar-refractivity contribution >= 4 is 22.3 Å². The molecule has 2 atom stereocenters. The SMILES string of the molecule is O=C(NN1CCCC1)[C@@H]1CC[C@@H]2CN1C(=O)N2OS(=O)(=O)O. The molecule has 0 radical (unpaired) electrons. The Labute approximate surface area is 127 Å². The van der Waals surface area contributed by atoms with Gasteiger partial charge >= 0.3 is 16.4 Å². The first kappa shape index (κ1) is 15.5. The van der Waals surface area contributed by atoms with E-state index in [4.69, 9.17) is 4.55 Å². The average Bonchev–Trinajstić information content (AvgIpc) is 3.01. The monoisotopic (exact) mass is 334 g/mol. The quantitative estimate of drug-likeness (QED) is 0.640. The van der Waals surface area contributed by atoms with Crippen LogP contribution in [0.4, 0.5) is 4.79 Å². The highest BCUT2D eigenvalue weighted by Gasteiger charge is 2.49. The van der Waals surface area contributed by atoms with E-state index in [2.05, 4.69) is 9.71 Å². The van der Waals surface area contributed by atoms with Crippen LogP contribution >= 0.6 is 0 Å². The molecule has 0 saturated carbocycles. The van der Waals surface area contributed by atoms with Crippen LogP contribution in [0.3, 0.4) is 0 Å². The third-order valence-corrected chi connectivity index (χ3v) is 4.52. The Balaban J connectivity index is 1.67. The molecule has 0 aromatic rings. The number of nitrogens with zero attached hydrogens (tertiary/aromatic N) is 3. The lowest BCUT2D eigenvalue weighted by molar-refractivity contribution is -0.130. The fraction of sp³-hybridized carbons (Fsp3) is 0.818. The molecule has 2 N–H and O–H groups in total. The first-order valence-electron chi connectivity index (χ1n) is 7.17. The largest absolute Gasteiger partial charge is 0.418 e. The van der Waals surface area contributed by atoms with E-state index in [0.717, 1.165) is 25.9 Å². The van der Waals surface area contributed by atoms with Crippen LogP contribution in [0.25, 0.3) is 0 Å². The van der Waals surface area contributed by atoms with E-state index >= 15 is 0 Å². The topological polar surface area (TPSA) is 119 Å². The molecule has 22 heavy (non-hydrogen) atoms. The normalized spacial score (nSPS) is 29.2. The number of carbonyl (C=O) groups is 2. The Kier molecular flexibility index (Phi) is 3.97. The summed E-state index contributed by atoms with van der Waals surface area (Å²) in [5.74, 6) is -0.276. The molecule has 3 fully saturated rings. The van der Waals surface area contributed by atoms with Gasteiger partial charge in [-0.3, -0.25) is 14.8 Å². The first-order chi connectivity index (χ1) is 10.3. The number of carbonyl (C=O) groups excluding carboxylic acids is 2. The predicted molar refractivity (Wildman–Crippen MR) is 72.3 cm³/mol. The van der Waals surface area contributed by atoms with Gasteiger partial charge in [-0.25, -0.2) is 9.80 Å². The molecule has 3 rings (SSSR count). The second-order valence-corrected chi connectivity index (χ2v) is 6.68. The summed E-state index contributed by atoms with van der Waals surface area (Å²) in [6, 6.07) is -1.86. The zero-order chi connectivity index (χ0) is 15.9. The van der Waals surface area contributed by atoms with E-state index in [1.807, 2.05) is 5.01 Å². The maximum atomic E-state index is 12.3. The van der Waals surface area contributed by atoms with Gasteiger partial charge in [0.05, 0.1) is 6.04 Å². The number of hydrogen-bond donors (Lipinski definition) is 2. The van der Waals surface area contributed by atoms with E-state index in [0.29, 0.717) is 17.9 Å². The van der Waals surface area contributed by atoms with E-state index < -0.39 is 28.5 Å². The summed E-state index contributed by atoms with van der Waals surface area (Å²) >= 11 is 0. The molecule has 0 unspecified atom stereocenters. The zero-order valence-corrected chi connectivity index (χ0v) is 12.7. The van der Waals surface area contributed by atoms with Crippen molar-refractivity contribution in [1.29, 1.82) is 0 Å². The molecule has 0 aliphatic carbocycles. The van der Waals surface area contributed by atoms with Crippen LogP contribution < -0.4 is 5.43 Å². The van der Waals surface area contributed by atoms with Crippen LogP contribution in [0.5, 0.6) is 0 Å². The lowest BCUT2D eigenvalue weighted by atomic mass is 10.0. The summed E-state index contributed by atoms with van der Waals surface area (Å²) < 4.78 is 34.7. The molecule has 124 valence electrons. The molecule has 0 aromatic heterocycles. The van der Waals surface area contributed by atoms with Crippen LogP contribution in [-0.4, -0.2) is 71.6 Å². The molecular weight excluding hydrogens is 316 g/mol. The van der Waals surface area contributed by atoms with Crippen LogP contribution in [0.2, 0.25) is 0 Å². The highest BCUT2D eigenvalue weighted by atomic mass is 32.3. The summed E-state index contributed by atoms with van der Waals surface area (Å²) in [6.45, 7) is 1.77. The van der Waals surface area contributed by atoms with Gasteiger partial charge < -0.3 is 4.90 Å². The highest BCUT2D eigenvalue weighted by molar-refractivity contribution is 7.80. The molecule has 11 heteroatoms. The van der Waals surface area contributed by atoms with Crippen molar-refractivity contribution in [2.45, 2.75) is 37.8 Å². The molecule has 3 aliphatic heterocycles. The lowest BCUT2D eigenvalue weighted by Crippen LogP contribution is -2.53. The molecule has 10 nitrogen and oxygen atoms in total. The molecule has 3 amide bonds. The smallest absolute Gasteiger partial charge is 0.309 e. The Morgan fingerprint density at radius 3 is 2.59 bits per heavy atom. The fourth-order valence-corrected chi connectivity index (χ4v) is 3.55. The van der Waals surface area contributed by atoms with Crippen molar-refractivity contribution in [3.63, 3.8) is 0 Å².